The van der Waals surface area contributed by atoms with Crippen LogP contribution in [0, 0.1) is 0 Å². The number of nitrogens with zero attached hydrogens (tertiary/aromatic N) is 3. The van der Waals surface area contributed by atoms with E-state index in [-0.39, 0.29) is 17.6 Å². The number of furan rings is 1. The minimum Gasteiger partial charge on any atom is -0.496 e. The monoisotopic (exact) mass is 563 g/mol. The van der Waals surface area contributed by atoms with Gasteiger partial charge in [0, 0.05) is 56.7 Å². The summed E-state index contributed by atoms with van der Waals surface area (Å²) in [6, 6.07) is 21.0. The summed E-state index contributed by atoms with van der Waals surface area (Å²) in [5.74, 6) is 0.676. The molecule has 2 aliphatic heterocycles. The van der Waals surface area contributed by atoms with Crippen molar-refractivity contribution in [2.75, 3.05) is 34.3 Å². The Morgan fingerprint density at radius 3 is 2.50 bits per heavy atom. The zero-order chi connectivity index (χ0) is 29.4. The van der Waals surface area contributed by atoms with Gasteiger partial charge >= 0.3 is 0 Å². The summed E-state index contributed by atoms with van der Waals surface area (Å²) in [4.78, 5) is 43.6. The van der Waals surface area contributed by atoms with Crippen LogP contribution in [0.15, 0.2) is 77.2 Å². The van der Waals surface area contributed by atoms with Crippen molar-refractivity contribution < 1.29 is 23.5 Å². The molecular weight excluding hydrogens is 530 g/mol. The molecule has 214 valence electrons. The molecule has 1 atom stereocenters. The van der Waals surface area contributed by atoms with Gasteiger partial charge in [0.2, 0.25) is 12.3 Å². The van der Waals surface area contributed by atoms with Gasteiger partial charge < -0.3 is 23.9 Å². The first-order chi connectivity index (χ1) is 20.4. The largest absolute Gasteiger partial charge is 0.496 e. The van der Waals surface area contributed by atoms with Gasteiger partial charge in [-0.2, -0.15) is 0 Å². The summed E-state index contributed by atoms with van der Waals surface area (Å²) < 4.78 is 11.8. The number of rotatable bonds is 6. The Morgan fingerprint density at radius 2 is 1.74 bits per heavy atom. The highest BCUT2D eigenvalue weighted by atomic mass is 16.5. The van der Waals surface area contributed by atoms with Gasteiger partial charge in [-0.25, -0.2) is 0 Å². The van der Waals surface area contributed by atoms with E-state index in [1.54, 1.807) is 32.2 Å². The third-order valence-corrected chi connectivity index (χ3v) is 8.17. The predicted molar refractivity (Wildman–Crippen MR) is 161 cm³/mol. The highest BCUT2D eigenvalue weighted by Crippen LogP contribution is 2.39. The number of amides is 3. The van der Waals surface area contributed by atoms with Crippen molar-refractivity contribution in [3.8, 4) is 16.9 Å². The quantitative estimate of drug-likeness (QED) is 0.308. The summed E-state index contributed by atoms with van der Waals surface area (Å²) in [7, 11) is 5.01. The number of para-hydroxylation sites is 1. The van der Waals surface area contributed by atoms with Crippen molar-refractivity contribution in [3.63, 3.8) is 0 Å². The fourth-order valence-corrected chi connectivity index (χ4v) is 5.97. The topological polar surface area (TPSA) is 83.3 Å². The van der Waals surface area contributed by atoms with Crippen LogP contribution in [0.1, 0.15) is 33.7 Å². The van der Waals surface area contributed by atoms with E-state index >= 15 is 0 Å². The second kappa shape index (κ2) is 11.2. The van der Waals surface area contributed by atoms with Gasteiger partial charge in [-0.1, -0.05) is 48.5 Å². The summed E-state index contributed by atoms with van der Waals surface area (Å²) in [6.45, 7) is 1.43. The van der Waals surface area contributed by atoms with Crippen LogP contribution < -0.4 is 4.74 Å². The summed E-state index contributed by atoms with van der Waals surface area (Å²) in [5.41, 5.74) is 6.37. The van der Waals surface area contributed by atoms with Crippen molar-refractivity contribution in [2.45, 2.75) is 25.4 Å². The van der Waals surface area contributed by atoms with E-state index in [2.05, 4.69) is 6.08 Å². The third-order valence-electron chi connectivity index (χ3n) is 8.17. The molecule has 1 unspecified atom stereocenters. The molecule has 0 N–H and O–H groups in total. The maximum absolute atomic E-state index is 13.9. The van der Waals surface area contributed by atoms with Gasteiger partial charge in [-0.05, 0) is 52.9 Å². The van der Waals surface area contributed by atoms with E-state index < -0.39 is 6.04 Å². The van der Waals surface area contributed by atoms with Crippen LogP contribution in [-0.4, -0.2) is 73.3 Å². The highest BCUT2D eigenvalue weighted by Gasteiger charge is 2.34. The maximum Gasteiger partial charge on any atom is 0.289 e. The number of ether oxygens (including phenoxy) is 1. The number of carbonyl (C=O) groups is 3. The molecule has 1 aromatic heterocycles. The first kappa shape index (κ1) is 27.3. The minimum atomic E-state index is -0.531. The van der Waals surface area contributed by atoms with Crippen LogP contribution in [0.5, 0.6) is 5.75 Å². The number of carbonyl (C=O) groups excluding carboxylic acids is 3. The van der Waals surface area contributed by atoms with Gasteiger partial charge in [0.1, 0.15) is 17.4 Å². The normalized spacial score (nSPS) is 16.5. The molecular formula is C34H33N3O5. The first-order valence-electron chi connectivity index (χ1n) is 14.1. The molecule has 0 saturated carbocycles. The van der Waals surface area contributed by atoms with Crippen molar-refractivity contribution in [2.24, 2.45) is 0 Å². The molecule has 42 heavy (non-hydrogen) atoms. The molecule has 0 saturated heterocycles. The average Bonchev–Trinajstić information content (AvgIpc) is 3.47. The van der Waals surface area contributed by atoms with Crippen molar-refractivity contribution in [1.82, 2.24) is 14.7 Å². The van der Waals surface area contributed by atoms with Gasteiger partial charge in [0.25, 0.3) is 5.91 Å². The molecule has 0 spiro atoms. The molecule has 0 radical (unpaired) electrons. The molecule has 3 amide bonds. The Kier molecular flexibility index (Phi) is 7.29. The zero-order valence-corrected chi connectivity index (χ0v) is 24.0. The Morgan fingerprint density at radius 1 is 0.976 bits per heavy atom. The Labute approximate surface area is 244 Å². The number of hydrogen-bond donors (Lipinski definition) is 0. The molecule has 4 aromatic rings. The van der Waals surface area contributed by atoms with Gasteiger partial charge in [-0.3, -0.25) is 14.4 Å². The lowest BCUT2D eigenvalue weighted by molar-refractivity contribution is -0.141. The number of fused-ring (bicyclic) bond motifs is 2. The zero-order valence-electron chi connectivity index (χ0n) is 24.0. The smallest absolute Gasteiger partial charge is 0.289 e. The lowest BCUT2D eigenvalue weighted by atomic mass is 9.92. The molecule has 6 rings (SSSR count). The summed E-state index contributed by atoms with van der Waals surface area (Å²) >= 11 is 0. The lowest BCUT2D eigenvalue weighted by Crippen LogP contribution is -2.52. The van der Waals surface area contributed by atoms with Crippen LogP contribution in [0.3, 0.4) is 0 Å². The second-order valence-corrected chi connectivity index (χ2v) is 11.0. The van der Waals surface area contributed by atoms with E-state index in [9.17, 15) is 14.4 Å². The minimum absolute atomic E-state index is 0.0459. The fraction of sp³-hybridized carbons (Fsp3) is 0.265. The van der Waals surface area contributed by atoms with Crippen LogP contribution in [0.25, 0.3) is 27.7 Å². The molecule has 3 aromatic carbocycles. The Bertz CT molecular complexity index is 1720. The number of methoxy groups -OCH3 is 1. The SMILES string of the molecule is COc1ccccc1-c1cc(C2=CCCN(C(=O)C3Cc4ccccc4CN3C=O)C2)cc2cc(C(=O)N(C)C)oc12. The molecule has 8 heteroatoms. The molecule has 3 heterocycles. The summed E-state index contributed by atoms with van der Waals surface area (Å²) in [5, 5.41) is 0.791. The van der Waals surface area contributed by atoms with Crippen LogP contribution in [-0.2, 0) is 22.6 Å². The highest BCUT2D eigenvalue weighted by molar-refractivity contribution is 6.02. The molecule has 0 fully saturated rings. The van der Waals surface area contributed by atoms with Crippen molar-refractivity contribution in [1.29, 1.82) is 0 Å². The predicted octanol–water partition coefficient (Wildman–Crippen LogP) is 5.01. The standard InChI is InChI=1S/C34H33N3O5/c1-35(2)34(40)31-18-26-15-25(16-28(32(26)42-31)27-12-6-7-13-30(27)41-3)24-11-8-14-36(19-24)33(39)29-17-22-9-4-5-10-23(22)20-37(29)21-38/h4-7,9-13,15-16,18,21,29H,8,14,17,19-20H2,1-3H3. The first-order valence-corrected chi connectivity index (χ1v) is 14.1. The second-order valence-electron chi connectivity index (χ2n) is 11.0. The number of hydrogen-bond acceptors (Lipinski definition) is 5. The van der Waals surface area contributed by atoms with E-state index in [1.807, 2.05) is 65.6 Å². The van der Waals surface area contributed by atoms with Crippen LogP contribution in [0.2, 0.25) is 0 Å². The molecule has 0 bridgehead atoms. The van der Waals surface area contributed by atoms with E-state index in [0.717, 1.165) is 45.2 Å². The summed E-state index contributed by atoms with van der Waals surface area (Å²) in [6.07, 6.45) is 4.16. The van der Waals surface area contributed by atoms with Gasteiger partial charge in [0.05, 0.1) is 7.11 Å². The van der Waals surface area contributed by atoms with Crippen LogP contribution >= 0.6 is 0 Å². The lowest BCUT2D eigenvalue weighted by Gasteiger charge is -2.38. The molecule has 0 aliphatic carbocycles. The van der Waals surface area contributed by atoms with E-state index in [0.29, 0.717) is 43.8 Å². The van der Waals surface area contributed by atoms with Crippen molar-refractivity contribution in [3.05, 3.63) is 95.3 Å². The molecule has 8 nitrogen and oxygen atoms in total. The van der Waals surface area contributed by atoms with E-state index in [1.165, 1.54) is 4.90 Å². The fourth-order valence-electron chi connectivity index (χ4n) is 5.97. The Balaban J connectivity index is 1.36. The van der Waals surface area contributed by atoms with Gasteiger partial charge in [0.15, 0.2) is 5.76 Å². The number of benzene rings is 3. The van der Waals surface area contributed by atoms with Crippen molar-refractivity contribution >= 4 is 34.8 Å². The third kappa shape index (κ3) is 4.93. The van der Waals surface area contributed by atoms with E-state index in [4.69, 9.17) is 9.15 Å². The molecule has 2 aliphatic rings. The van der Waals surface area contributed by atoms with Crippen LogP contribution in [0.4, 0.5) is 0 Å². The Hall–Kier alpha value is -4.85. The van der Waals surface area contributed by atoms with Gasteiger partial charge in [-0.15, -0.1) is 0 Å². The average molecular weight is 564 g/mol. The maximum atomic E-state index is 13.9.